The molecule has 0 radical (unpaired) electrons. The van der Waals surface area contributed by atoms with Gasteiger partial charge in [0.25, 0.3) is 0 Å². The number of hydrogen-bond acceptors (Lipinski definition) is 11. The summed E-state index contributed by atoms with van der Waals surface area (Å²) < 4.78 is 17.8. The highest BCUT2D eigenvalue weighted by Gasteiger charge is 2.59. The van der Waals surface area contributed by atoms with E-state index in [1.54, 1.807) is 12.0 Å². The van der Waals surface area contributed by atoms with Crippen molar-refractivity contribution in [2.24, 2.45) is 11.8 Å². The number of fused-ring (bicyclic) bond motifs is 3. The maximum Gasteiger partial charge on any atom is 0.408 e. The number of hydrogen-bond donors (Lipinski definition) is 3. The van der Waals surface area contributed by atoms with E-state index in [0.717, 1.165) is 61.9 Å². The Balaban J connectivity index is 1.15. The second-order valence-corrected chi connectivity index (χ2v) is 16.9. The number of aromatic nitrogens is 2. The van der Waals surface area contributed by atoms with Crippen molar-refractivity contribution in [2.45, 2.75) is 121 Å². The van der Waals surface area contributed by atoms with E-state index in [9.17, 15) is 19.2 Å². The van der Waals surface area contributed by atoms with Crippen molar-refractivity contribution in [1.29, 1.82) is 0 Å². The fraction of sp³-hybridized carbons (Fsp3) is 0.571. The van der Waals surface area contributed by atoms with Crippen molar-refractivity contribution in [3.63, 3.8) is 0 Å². The van der Waals surface area contributed by atoms with Gasteiger partial charge in [0.2, 0.25) is 11.8 Å². The molecule has 2 aliphatic heterocycles. The Morgan fingerprint density at radius 3 is 2.62 bits per heavy atom. The number of benzene rings is 1. The summed E-state index contributed by atoms with van der Waals surface area (Å²) in [5.74, 6) is 0.148. The molecule has 2 saturated carbocycles. The molecular weight excluding hydrogens is 733 g/mol. The minimum Gasteiger partial charge on any atom is -0.497 e. The van der Waals surface area contributed by atoms with Crippen LogP contribution in [0.15, 0.2) is 41.8 Å². The molecule has 5 atom stereocenters. The monoisotopic (exact) mass is 786 g/mol. The van der Waals surface area contributed by atoms with Gasteiger partial charge in [-0.3, -0.25) is 14.4 Å². The van der Waals surface area contributed by atoms with Crippen LogP contribution in [0.4, 0.5) is 9.93 Å². The smallest absolute Gasteiger partial charge is 0.408 e. The predicted octanol–water partition coefficient (Wildman–Crippen LogP) is 6.80. The van der Waals surface area contributed by atoms with Crippen molar-refractivity contribution >= 4 is 51.1 Å². The lowest BCUT2D eigenvalue weighted by Gasteiger charge is -2.30. The number of nitrogens with zero attached hydrogens (tertiary/aromatic N) is 3. The van der Waals surface area contributed by atoms with Gasteiger partial charge in [-0.05, 0) is 90.7 Å². The van der Waals surface area contributed by atoms with E-state index in [0.29, 0.717) is 47.7 Å². The lowest BCUT2D eigenvalue weighted by atomic mass is 10.0. The number of alkyl carbamates (subject to hydrolysis) is 1. The highest BCUT2D eigenvalue weighted by molar-refractivity contribution is 7.14. The van der Waals surface area contributed by atoms with Gasteiger partial charge in [-0.25, -0.2) is 14.8 Å². The third-order valence-electron chi connectivity index (χ3n) is 11.5. The van der Waals surface area contributed by atoms with Crippen LogP contribution in [0.5, 0.6) is 11.5 Å². The molecule has 300 valence electrons. The lowest BCUT2D eigenvalue weighted by molar-refractivity contribution is -0.141. The molecule has 4 heterocycles. The quantitative estimate of drug-likeness (QED) is 0.187. The third-order valence-corrected chi connectivity index (χ3v) is 12.3. The molecule has 0 spiro atoms. The summed E-state index contributed by atoms with van der Waals surface area (Å²) >= 11 is 1.50. The first kappa shape index (κ1) is 39.5. The van der Waals surface area contributed by atoms with Gasteiger partial charge in [-0.1, -0.05) is 25.0 Å². The van der Waals surface area contributed by atoms with E-state index in [4.69, 9.17) is 24.2 Å². The van der Waals surface area contributed by atoms with Crippen LogP contribution in [0.25, 0.3) is 22.3 Å². The maximum atomic E-state index is 14.5. The summed E-state index contributed by atoms with van der Waals surface area (Å²) in [7, 11) is 1.61. The summed E-state index contributed by atoms with van der Waals surface area (Å²) in [6.45, 7) is 6.08. The molecule has 7 rings (SSSR count). The van der Waals surface area contributed by atoms with E-state index in [2.05, 4.69) is 41.9 Å². The first-order chi connectivity index (χ1) is 27.0. The second-order valence-electron chi connectivity index (χ2n) is 16.0. The Kier molecular flexibility index (Phi) is 12.1. The fourth-order valence-corrected chi connectivity index (χ4v) is 9.15. The topological polar surface area (TPSA) is 161 Å². The molecule has 14 heteroatoms. The van der Waals surface area contributed by atoms with Gasteiger partial charge in [0, 0.05) is 47.3 Å². The third kappa shape index (κ3) is 8.95. The highest BCUT2D eigenvalue weighted by Crippen LogP contribution is 2.46. The Hall–Kier alpha value is -4.72. The molecular formula is C42H54N6O7S. The van der Waals surface area contributed by atoms with Crippen LogP contribution in [0.1, 0.15) is 91.4 Å². The average Bonchev–Trinajstić information content (AvgIpc) is 3.61. The van der Waals surface area contributed by atoms with Gasteiger partial charge in [-0.2, -0.15) is 0 Å². The summed E-state index contributed by atoms with van der Waals surface area (Å²) in [5.41, 5.74) is 1.05. The molecule has 56 heavy (non-hydrogen) atoms. The molecule has 0 unspecified atom stereocenters. The van der Waals surface area contributed by atoms with Gasteiger partial charge in [0.15, 0.2) is 10.9 Å². The maximum absolute atomic E-state index is 14.5. The Morgan fingerprint density at radius 2 is 1.86 bits per heavy atom. The van der Waals surface area contributed by atoms with E-state index < -0.39 is 23.7 Å². The number of carbonyl (C=O) groups is 4. The molecule has 4 aliphatic rings. The summed E-state index contributed by atoms with van der Waals surface area (Å²) in [5, 5.41) is 12.8. The number of ether oxygens (including phenoxy) is 3. The lowest BCUT2D eigenvalue weighted by Crippen LogP contribution is -2.56. The van der Waals surface area contributed by atoms with Gasteiger partial charge < -0.3 is 35.1 Å². The van der Waals surface area contributed by atoms with E-state index in [1.165, 1.54) is 18.3 Å². The number of pyridine rings is 1. The van der Waals surface area contributed by atoms with Crippen LogP contribution >= 0.6 is 11.3 Å². The SMILES string of the molecule is COc1ccc2c(OC[C@@H]3C[C@H]4C(=O)N[C@]5(C(C)=O)C[C@H]5/C=C\CCCCC[C@H](NC(=O)OC5CCCC5)C(=O)N4C3)cc(-c3csc(NC(C)C)n3)nc2c1. The minimum absolute atomic E-state index is 0.0822. The number of nitrogens with one attached hydrogen (secondary N) is 3. The van der Waals surface area contributed by atoms with Crippen molar-refractivity contribution < 1.29 is 33.4 Å². The van der Waals surface area contributed by atoms with Crippen molar-refractivity contribution in [1.82, 2.24) is 25.5 Å². The van der Waals surface area contributed by atoms with Gasteiger partial charge in [0.1, 0.15) is 40.9 Å². The Labute approximate surface area is 332 Å². The van der Waals surface area contributed by atoms with Gasteiger partial charge in [0.05, 0.1) is 24.9 Å². The molecule has 3 fully saturated rings. The standard InChI is InChI=1S/C42H54N6O7S/c1-25(2)43-40-45-35(24-56-40)34-20-37(31-17-16-30(53-4)19-33(31)44-34)54-23-27-18-36-38(50)47-42(26(3)49)21-28(42)12-8-6-5-7-9-15-32(39(51)48(36)22-27)46-41(52)55-29-13-10-11-14-29/h8,12,16-17,19-20,24-25,27-29,32,36H,5-7,9-11,13-15,18,21-23H2,1-4H3,(H,43,45)(H,46,52)(H,47,50)/b12-8-/t27-,28-,32+,36+,42+/m1/s1. The molecule has 3 amide bonds. The number of thiazole rings is 1. The molecule has 2 aliphatic carbocycles. The van der Waals surface area contributed by atoms with E-state index in [1.807, 2.05) is 29.6 Å². The average molecular weight is 787 g/mol. The van der Waals surface area contributed by atoms with Crippen molar-refractivity contribution in [3.05, 3.63) is 41.8 Å². The summed E-state index contributed by atoms with van der Waals surface area (Å²) in [4.78, 5) is 66.2. The molecule has 1 saturated heterocycles. The number of carbonyl (C=O) groups excluding carboxylic acids is 4. The molecule has 2 aromatic heterocycles. The number of allylic oxidation sites excluding steroid dienone is 1. The zero-order valence-electron chi connectivity index (χ0n) is 32.8. The van der Waals surface area contributed by atoms with Gasteiger partial charge in [-0.15, -0.1) is 11.3 Å². The zero-order chi connectivity index (χ0) is 39.4. The van der Waals surface area contributed by atoms with Gasteiger partial charge >= 0.3 is 6.09 Å². The zero-order valence-corrected chi connectivity index (χ0v) is 33.6. The van der Waals surface area contributed by atoms with Crippen LogP contribution in [0.3, 0.4) is 0 Å². The van der Waals surface area contributed by atoms with Crippen molar-refractivity contribution in [3.8, 4) is 22.9 Å². The van der Waals surface area contributed by atoms with Crippen LogP contribution in [0, 0.1) is 11.8 Å². The van der Waals surface area contributed by atoms with Crippen molar-refractivity contribution in [2.75, 3.05) is 25.6 Å². The second kappa shape index (κ2) is 17.2. The first-order valence-corrected chi connectivity index (χ1v) is 21.0. The van der Waals surface area contributed by atoms with Crippen LogP contribution < -0.4 is 25.4 Å². The summed E-state index contributed by atoms with van der Waals surface area (Å²) in [6.07, 6.45) is 11.7. The Bertz CT molecular complexity index is 1960. The number of amides is 3. The van der Waals surface area contributed by atoms with Crippen LogP contribution in [-0.4, -0.2) is 88.6 Å². The molecule has 3 N–H and O–H groups in total. The number of anilines is 1. The fourth-order valence-electron chi connectivity index (χ4n) is 8.30. The van der Waals surface area contributed by atoms with Crippen LogP contribution in [0.2, 0.25) is 0 Å². The molecule has 13 nitrogen and oxygen atoms in total. The number of rotatable bonds is 10. The molecule has 3 aromatic rings. The van der Waals surface area contributed by atoms with Crippen LogP contribution in [-0.2, 0) is 19.1 Å². The highest BCUT2D eigenvalue weighted by atomic mass is 32.1. The number of methoxy groups -OCH3 is 1. The first-order valence-electron chi connectivity index (χ1n) is 20.1. The molecule has 1 aromatic carbocycles. The number of Topliss-reactive ketones (excluding diaryl/α,β-unsaturated/α-hetero) is 1. The summed E-state index contributed by atoms with van der Waals surface area (Å²) in [6, 6.07) is 6.02. The minimum atomic E-state index is -0.979. The van der Waals surface area contributed by atoms with E-state index >= 15 is 0 Å². The predicted molar refractivity (Wildman–Crippen MR) is 215 cm³/mol. The Morgan fingerprint density at radius 1 is 1.05 bits per heavy atom. The normalized spacial score (nSPS) is 26.4. The largest absolute Gasteiger partial charge is 0.497 e. The van der Waals surface area contributed by atoms with E-state index in [-0.39, 0.29) is 54.7 Å². The number of ketones is 1. The molecule has 0 bridgehead atoms.